The van der Waals surface area contributed by atoms with Gasteiger partial charge in [-0.2, -0.15) is 0 Å². The van der Waals surface area contributed by atoms with Gasteiger partial charge in [-0.1, -0.05) is 12.1 Å². The molecule has 21 heavy (non-hydrogen) atoms. The highest BCUT2D eigenvalue weighted by Crippen LogP contribution is 2.29. The van der Waals surface area contributed by atoms with Crippen molar-refractivity contribution in [3.63, 3.8) is 0 Å². The number of nitrogens with two attached hydrogens (primary N) is 1. The number of aliphatic hydroxyl groups excluding tert-OH is 1. The predicted molar refractivity (Wildman–Crippen MR) is 83.5 cm³/mol. The summed E-state index contributed by atoms with van der Waals surface area (Å²) < 4.78 is 5.92. The fraction of sp³-hybridized carbons (Fsp3) is 0.118. The van der Waals surface area contributed by atoms with E-state index in [9.17, 15) is 0 Å². The van der Waals surface area contributed by atoms with Gasteiger partial charge in [-0.05, 0) is 48.4 Å². The molecule has 1 aromatic heterocycles. The number of anilines is 1. The lowest BCUT2D eigenvalue weighted by Gasteiger charge is -2.09. The van der Waals surface area contributed by atoms with E-state index in [1.807, 2.05) is 48.5 Å². The first-order valence-corrected chi connectivity index (χ1v) is 6.78. The number of fused-ring (bicyclic) bond motifs is 1. The topological polar surface area (TPSA) is 68.4 Å². The molecule has 0 saturated heterocycles. The fourth-order valence-electron chi connectivity index (χ4n) is 2.21. The average molecular weight is 280 g/mol. The number of benzene rings is 2. The summed E-state index contributed by atoms with van der Waals surface area (Å²) in [5.41, 5.74) is 8.34. The maximum absolute atomic E-state index is 8.92. The van der Waals surface area contributed by atoms with E-state index >= 15 is 0 Å². The lowest BCUT2D eigenvalue weighted by molar-refractivity contribution is 0.299. The monoisotopic (exact) mass is 280 g/mol. The molecular weight excluding hydrogens is 264 g/mol. The first-order valence-electron chi connectivity index (χ1n) is 6.78. The highest BCUT2D eigenvalue weighted by Gasteiger charge is 2.05. The maximum Gasteiger partial charge on any atom is 0.138 e. The zero-order valence-electron chi connectivity index (χ0n) is 11.5. The molecule has 1 heterocycles. The minimum Gasteiger partial charge on any atom is -0.457 e. The van der Waals surface area contributed by atoms with Gasteiger partial charge in [-0.15, -0.1) is 0 Å². The van der Waals surface area contributed by atoms with Crippen molar-refractivity contribution in [1.82, 2.24) is 4.98 Å². The molecular formula is C17H16N2O2. The molecule has 4 heteroatoms. The average Bonchev–Trinajstić information content (AvgIpc) is 2.49. The van der Waals surface area contributed by atoms with Crippen molar-refractivity contribution >= 4 is 16.6 Å². The second-order valence-electron chi connectivity index (χ2n) is 4.81. The van der Waals surface area contributed by atoms with Gasteiger partial charge < -0.3 is 15.6 Å². The molecule has 0 bridgehead atoms. The van der Waals surface area contributed by atoms with Crippen LogP contribution in [-0.2, 0) is 6.42 Å². The molecule has 106 valence electrons. The Kier molecular flexibility index (Phi) is 3.71. The van der Waals surface area contributed by atoms with Gasteiger partial charge in [0.15, 0.2) is 0 Å². The van der Waals surface area contributed by atoms with Gasteiger partial charge in [-0.3, -0.25) is 4.98 Å². The Morgan fingerprint density at radius 3 is 2.62 bits per heavy atom. The Bertz CT molecular complexity index is 754. The van der Waals surface area contributed by atoms with E-state index < -0.39 is 0 Å². The van der Waals surface area contributed by atoms with Crippen LogP contribution in [0.3, 0.4) is 0 Å². The lowest BCUT2D eigenvalue weighted by atomic mass is 10.1. The molecule has 0 fully saturated rings. The summed E-state index contributed by atoms with van der Waals surface area (Å²) in [4.78, 5) is 4.29. The molecule has 0 spiro atoms. The zero-order chi connectivity index (χ0) is 14.7. The van der Waals surface area contributed by atoms with Crippen molar-refractivity contribution in [2.45, 2.75) is 6.42 Å². The van der Waals surface area contributed by atoms with Crippen LogP contribution in [0.2, 0.25) is 0 Å². The summed E-state index contributed by atoms with van der Waals surface area (Å²) >= 11 is 0. The number of ether oxygens (including phenoxy) is 1. The molecule has 0 radical (unpaired) electrons. The quantitative estimate of drug-likeness (QED) is 0.720. The third kappa shape index (κ3) is 2.95. The summed E-state index contributed by atoms with van der Waals surface area (Å²) in [6, 6.07) is 15.1. The minimum atomic E-state index is 0.149. The number of hydrogen-bond donors (Lipinski definition) is 2. The molecule has 0 aliphatic rings. The molecule has 3 aromatic rings. The van der Waals surface area contributed by atoms with Crippen LogP contribution >= 0.6 is 0 Å². The van der Waals surface area contributed by atoms with Gasteiger partial charge in [0.05, 0.1) is 5.52 Å². The molecule has 4 nitrogen and oxygen atoms in total. The summed E-state index contributed by atoms with van der Waals surface area (Å²) in [6.45, 7) is 0.149. The van der Waals surface area contributed by atoms with Crippen molar-refractivity contribution in [3.8, 4) is 11.5 Å². The van der Waals surface area contributed by atoms with Crippen molar-refractivity contribution in [3.05, 3.63) is 60.3 Å². The normalized spacial score (nSPS) is 10.7. The van der Waals surface area contributed by atoms with Crippen LogP contribution in [0.5, 0.6) is 11.5 Å². The standard InChI is InChI=1S/C17H16N2O2/c18-13-3-6-15-16(11-13)19-9-7-17(15)21-14-4-1-12(2-5-14)8-10-20/h1-7,9,11,20H,8,10,18H2. The van der Waals surface area contributed by atoms with Gasteiger partial charge in [0.2, 0.25) is 0 Å². The van der Waals surface area contributed by atoms with Gasteiger partial charge in [-0.25, -0.2) is 0 Å². The van der Waals surface area contributed by atoms with E-state index in [4.69, 9.17) is 15.6 Å². The van der Waals surface area contributed by atoms with E-state index in [1.54, 1.807) is 6.20 Å². The Morgan fingerprint density at radius 2 is 1.86 bits per heavy atom. The number of nitrogen functional groups attached to an aromatic ring is 1. The van der Waals surface area contributed by atoms with Gasteiger partial charge in [0.1, 0.15) is 11.5 Å². The molecule has 0 aliphatic heterocycles. The summed E-state index contributed by atoms with van der Waals surface area (Å²) in [5.74, 6) is 1.50. The number of aromatic nitrogens is 1. The van der Waals surface area contributed by atoms with Crippen molar-refractivity contribution in [1.29, 1.82) is 0 Å². The summed E-state index contributed by atoms with van der Waals surface area (Å²) in [6.07, 6.45) is 2.36. The van der Waals surface area contributed by atoms with Crippen LogP contribution in [0.4, 0.5) is 5.69 Å². The first-order chi connectivity index (χ1) is 10.3. The predicted octanol–water partition coefficient (Wildman–Crippen LogP) is 3.14. The van der Waals surface area contributed by atoms with Crippen LogP contribution in [0.15, 0.2) is 54.7 Å². The smallest absolute Gasteiger partial charge is 0.138 e. The maximum atomic E-state index is 8.92. The largest absolute Gasteiger partial charge is 0.457 e. The highest BCUT2D eigenvalue weighted by molar-refractivity contribution is 5.87. The van der Waals surface area contributed by atoms with Gasteiger partial charge >= 0.3 is 0 Å². The van der Waals surface area contributed by atoms with E-state index in [-0.39, 0.29) is 6.61 Å². The molecule has 2 aromatic carbocycles. The van der Waals surface area contributed by atoms with E-state index in [0.717, 1.165) is 28.0 Å². The van der Waals surface area contributed by atoms with E-state index in [1.165, 1.54) is 0 Å². The number of hydrogen-bond acceptors (Lipinski definition) is 4. The molecule has 0 unspecified atom stereocenters. The second kappa shape index (κ2) is 5.81. The zero-order valence-corrected chi connectivity index (χ0v) is 11.5. The Balaban J connectivity index is 1.90. The second-order valence-corrected chi connectivity index (χ2v) is 4.81. The van der Waals surface area contributed by atoms with Gasteiger partial charge in [0.25, 0.3) is 0 Å². The summed E-state index contributed by atoms with van der Waals surface area (Å²) in [7, 11) is 0. The lowest BCUT2D eigenvalue weighted by Crippen LogP contribution is -1.92. The van der Waals surface area contributed by atoms with Gasteiger partial charge in [0, 0.05) is 23.9 Å². The van der Waals surface area contributed by atoms with E-state index in [2.05, 4.69) is 4.98 Å². The SMILES string of the molecule is Nc1ccc2c(Oc3ccc(CCO)cc3)ccnc2c1. The first kappa shape index (κ1) is 13.4. The molecule has 0 aliphatic carbocycles. The van der Waals surface area contributed by atoms with Crippen LogP contribution in [-0.4, -0.2) is 16.7 Å². The minimum absolute atomic E-state index is 0.149. The summed E-state index contributed by atoms with van der Waals surface area (Å²) in [5, 5.41) is 9.84. The Morgan fingerprint density at radius 1 is 1.05 bits per heavy atom. The van der Waals surface area contributed by atoms with Crippen LogP contribution in [0.1, 0.15) is 5.56 Å². The van der Waals surface area contributed by atoms with Crippen LogP contribution < -0.4 is 10.5 Å². The van der Waals surface area contributed by atoms with Crippen molar-refractivity contribution in [2.24, 2.45) is 0 Å². The molecule has 3 N–H and O–H groups in total. The highest BCUT2D eigenvalue weighted by atomic mass is 16.5. The van der Waals surface area contributed by atoms with Crippen LogP contribution in [0.25, 0.3) is 10.9 Å². The molecule has 0 saturated carbocycles. The Labute approximate surface area is 122 Å². The number of pyridine rings is 1. The third-order valence-corrected chi connectivity index (χ3v) is 3.28. The number of aliphatic hydroxyl groups is 1. The number of rotatable bonds is 4. The van der Waals surface area contributed by atoms with Crippen LogP contribution in [0, 0.1) is 0 Å². The van der Waals surface area contributed by atoms with Crippen molar-refractivity contribution in [2.75, 3.05) is 12.3 Å². The molecule has 0 atom stereocenters. The molecule has 0 amide bonds. The fourth-order valence-corrected chi connectivity index (χ4v) is 2.21. The molecule has 3 rings (SSSR count). The van der Waals surface area contributed by atoms with E-state index in [0.29, 0.717) is 12.1 Å². The Hall–Kier alpha value is -2.59. The number of nitrogens with zero attached hydrogens (tertiary/aromatic N) is 1. The van der Waals surface area contributed by atoms with Crippen molar-refractivity contribution < 1.29 is 9.84 Å². The third-order valence-electron chi connectivity index (χ3n) is 3.28.